The van der Waals surface area contributed by atoms with E-state index < -0.39 is 0 Å². The van der Waals surface area contributed by atoms with Crippen molar-refractivity contribution in [1.29, 1.82) is 0 Å². The van der Waals surface area contributed by atoms with Crippen LogP contribution < -0.4 is 16.4 Å². The molecule has 2 amide bonds. The third kappa shape index (κ3) is 5.12. The first-order chi connectivity index (χ1) is 18.2. The van der Waals surface area contributed by atoms with Gasteiger partial charge in [-0.3, -0.25) is 9.59 Å². The van der Waals surface area contributed by atoms with Crippen molar-refractivity contribution in [2.45, 2.75) is 39.7 Å². The van der Waals surface area contributed by atoms with Crippen LogP contribution in [0.4, 0.5) is 11.4 Å². The minimum absolute atomic E-state index is 0.0140. The van der Waals surface area contributed by atoms with Gasteiger partial charge in [-0.25, -0.2) is 4.98 Å². The SMILES string of the molecule is Cc1ccc(NC(=O)c2c(C)nc3sc(C(=O)NC[C@@H]4CCCO4)c(N)c3c2-c2ccc(Cl)cc2)c(C)c1. The summed E-state index contributed by atoms with van der Waals surface area (Å²) in [6, 6.07) is 13.1. The first kappa shape index (κ1) is 26.2. The van der Waals surface area contributed by atoms with Crippen LogP contribution in [0.5, 0.6) is 0 Å². The molecule has 0 unspecified atom stereocenters. The van der Waals surface area contributed by atoms with Gasteiger partial charge in [0, 0.05) is 34.8 Å². The van der Waals surface area contributed by atoms with Crippen LogP contribution in [0, 0.1) is 20.8 Å². The molecule has 1 fully saturated rings. The molecule has 2 aromatic heterocycles. The number of amides is 2. The second-order valence-corrected chi connectivity index (χ2v) is 11.0. The number of carbonyl (C=O) groups is 2. The number of ether oxygens (including phenoxy) is 1. The molecule has 1 aliphatic rings. The molecule has 2 aromatic carbocycles. The van der Waals surface area contributed by atoms with Gasteiger partial charge < -0.3 is 21.1 Å². The van der Waals surface area contributed by atoms with Crippen molar-refractivity contribution < 1.29 is 14.3 Å². The zero-order valence-electron chi connectivity index (χ0n) is 21.5. The summed E-state index contributed by atoms with van der Waals surface area (Å²) in [6.45, 7) is 6.89. The molecule has 0 aliphatic carbocycles. The summed E-state index contributed by atoms with van der Waals surface area (Å²) >= 11 is 7.40. The van der Waals surface area contributed by atoms with E-state index in [-0.39, 0.29) is 17.9 Å². The number of thiophene rings is 1. The van der Waals surface area contributed by atoms with E-state index in [1.165, 1.54) is 11.3 Å². The zero-order chi connectivity index (χ0) is 27.0. The van der Waals surface area contributed by atoms with Crippen LogP contribution >= 0.6 is 22.9 Å². The lowest BCUT2D eigenvalue weighted by Gasteiger charge is -2.16. The molecule has 5 rings (SSSR count). The quantitative estimate of drug-likeness (QED) is 0.263. The molecule has 7 nitrogen and oxygen atoms in total. The molecular formula is C29H29ClN4O3S. The fourth-order valence-electron chi connectivity index (χ4n) is 4.85. The number of nitrogen functional groups attached to an aromatic ring is 1. The van der Waals surface area contributed by atoms with Crippen LogP contribution in [0.1, 0.15) is 49.7 Å². The van der Waals surface area contributed by atoms with E-state index in [1.807, 2.05) is 44.2 Å². The van der Waals surface area contributed by atoms with E-state index in [4.69, 9.17) is 27.1 Å². The van der Waals surface area contributed by atoms with Crippen LogP contribution in [0.15, 0.2) is 42.5 Å². The first-order valence-corrected chi connectivity index (χ1v) is 13.7. The lowest BCUT2D eigenvalue weighted by atomic mass is 9.94. The predicted molar refractivity (Wildman–Crippen MR) is 154 cm³/mol. The highest BCUT2D eigenvalue weighted by Gasteiger charge is 2.27. The Morgan fingerprint density at radius 3 is 2.58 bits per heavy atom. The highest BCUT2D eigenvalue weighted by molar-refractivity contribution is 7.21. The Kier molecular flexibility index (Phi) is 7.38. The summed E-state index contributed by atoms with van der Waals surface area (Å²) in [6.07, 6.45) is 1.93. The van der Waals surface area contributed by atoms with Gasteiger partial charge in [0.15, 0.2) is 0 Å². The van der Waals surface area contributed by atoms with Crippen LogP contribution in [-0.4, -0.2) is 36.1 Å². The molecule has 9 heteroatoms. The number of aromatic nitrogens is 1. The Morgan fingerprint density at radius 1 is 1.13 bits per heavy atom. The molecular weight excluding hydrogens is 520 g/mol. The van der Waals surface area contributed by atoms with Crippen molar-refractivity contribution in [3.05, 3.63) is 74.7 Å². The van der Waals surface area contributed by atoms with Gasteiger partial charge in [-0.15, -0.1) is 11.3 Å². The van der Waals surface area contributed by atoms with Gasteiger partial charge in [-0.05, 0) is 62.9 Å². The van der Waals surface area contributed by atoms with E-state index in [0.717, 1.165) is 35.2 Å². The molecule has 1 atom stereocenters. The topological polar surface area (TPSA) is 106 Å². The number of hydrogen-bond donors (Lipinski definition) is 3. The van der Waals surface area contributed by atoms with Crippen LogP contribution in [0.2, 0.25) is 5.02 Å². The number of fused-ring (bicyclic) bond motifs is 1. The molecule has 0 spiro atoms. The normalized spacial score (nSPS) is 15.1. The number of anilines is 2. The average Bonchev–Trinajstić information content (AvgIpc) is 3.52. The Hall–Kier alpha value is -3.46. The van der Waals surface area contributed by atoms with Gasteiger partial charge in [0.2, 0.25) is 0 Å². The van der Waals surface area contributed by atoms with Crippen molar-refractivity contribution in [2.24, 2.45) is 0 Å². The molecule has 0 radical (unpaired) electrons. The fraction of sp³-hybridized carbons (Fsp3) is 0.276. The molecule has 4 N–H and O–H groups in total. The number of hydrogen-bond acceptors (Lipinski definition) is 6. The van der Waals surface area contributed by atoms with Gasteiger partial charge in [0.25, 0.3) is 11.8 Å². The van der Waals surface area contributed by atoms with Gasteiger partial charge >= 0.3 is 0 Å². The monoisotopic (exact) mass is 548 g/mol. The largest absolute Gasteiger partial charge is 0.397 e. The van der Waals surface area contributed by atoms with Crippen molar-refractivity contribution in [2.75, 3.05) is 24.2 Å². The van der Waals surface area contributed by atoms with Crippen molar-refractivity contribution in [3.8, 4) is 11.1 Å². The lowest BCUT2D eigenvalue weighted by Crippen LogP contribution is -2.31. The molecule has 0 saturated carbocycles. The maximum absolute atomic E-state index is 13.8. The molecule has 0 bridgehead atoms. The van der Waals surface area contributed by atoms with Gasteiger partial charge in [0.1, 0.15) is 9.71 Å². The number of nitrogens with two attached hydrogens (primary N) is 1. The Labute approximate surface area is 230 Å². The summed E-state index contributed by atoms with van der Waals surface area (Å²) < 4.78 is 5.63. The number of aryl methyl sites for hydroxylation is 3. The number of carbonyl (C=O) groups excluding carboxylic acids is 2. The summed E-state index contributed by atoms with van der Waals surface area (Å²) in [5.74, 6) is -0.578. The highest BCUT2D eigenvalue weighted by Crippen LogP contribution is 2.42. The highest BCUT2D eigenvalue weighted by atomic mass is 35.5. The summed E-state index contributed by atoms with van der Waals surface area (Å²) in [4.78, 5) is 32.6. The third-order valence-corrected chi connectivity index (χ3v) is 8.12. The summed E-state index contributed by atoms with van der Waals surface area (Å²) in [5, 5.41) is 7.15. The molecule has 4 aromatic rings. The minimum Gasteiger partial charge on any atom is -0.397 e. The van der Waals surface area contributed by atoms with Gasteiger partial charge in [0.05, 0.1) is 23.0 Å². The number of rotatable bonds is 6. The van der Waals surface area contributed by atoms with Crippen molar-refractivity contribution in [1.82, 2.24) is 10.3 Å². The number of nitrogens with one attached hydrogen (secondary N) is 2. The number of nitrogens with zero attached hydrogens (tertiary/aromatic N) is 1. The first-order valence-electron chi connectivity index (χ1n) is 12.5. The lowest BCUT2D eigenvalue weighted by molar-refractivity contribution is 0.0861. The van der Waals surface area contributed by atoms with E-state index in [2.05, 4.69) is 10.6 Å². The molecule has 3 heterocycles. The maximum Gasteiger partial charge on any atom is 0.263 e. The van der Waals surface area contributed by atoms with Gasteiger partial charge in [-0.2, -0.15) is 0 Å². The molecule has 1 aliphatic heterocycles. The van der Waals surface area contributed by atoms with Crippen molar-refractivity contribution >= 4 is 56.3 Å². The third-order valence-electron chi connectivity index (χ3n) is 6.77. The minimum atomic E-state index is -0.302. The second kappa shape index (κ2) is 10.7. The van der Waals surface area contributed by atoms with Crippen LogP contribution in [0.3, 0.4) is 0 Å². The van der Waals surface area contributed by atoms with E-state index in [1.54, 1.807) is 19.1 Å². The zero-order valence-corrected chi connectivity index (χ0v) is 23.1. The van der Waals surface area contributed by atoms with Crippen LogP contribution in [-0.2, 0) is 4.74 Å². The van der Waals surface area contributed by atoms with E-state index in [9.17, 15) is 9.59 Å². The van der Waals surface area contributed by atoms with E-state index in [0.29, 0.717) is 55.8 Å². The summed E-state index contributed by atoms with van der Waals surface area (Å²) in [5.41, 5.74) is 12.0. The Bertz CT molecular complexity index is 1540. The smallest absolute Gasteiger partial charge is 0.263 e. The second-order valence-electron chi connectivity index (χ2n) is 9.60. The summed E-state index contributed by atoms with van der Waals surface area (Å²) in [7, 11) is 0. The average molecular weight is 549 g/mol. The Morgan fingerprint density at radius 2 is 1.89 bits per heavy atom. The number of pyridine rings is 1. The molecule has 38 heavy (non-hydrogen) atoms. The van der Waals surface area contributed by atoms with Crippen molar-refractivity contribution in [3.63, 3.8) is 0 Å². The van der Waals surface area contributed by atoms with Crippen LogP contribution in [0.25, 0.3) is 21.3 Å². The number of halogens is 1. The van der Waals surface area contributed by atoms with E-state index >= 15 is 0 Å². The van der Waals surface area contributed by atoms with Gasteiger partial charge in [-0.1, -0.05) is 41.4 Å². The predicted octanol–water partition coefficient (Wildman–Crippen LogP) is 6.29. The maximum atomic E-state index is 13.8. The number of benzene rings is 2. The molecule has 1 saturated heterocycles. The Balaban J connectivity index is 1.61. The molecule has 196 valence electrons. The fourth-order valence-corrected chi connectivity index (χ4v) is 6.04. The standard InChI is InChI=1S/C29H29ClN4O3S/c1-15-6-11-21(16(2)13-15)34-27(35)22-17(3)33-29-24(23(22)18-7-9-19(30)10-8-18)25(31)26(38-29)28(36)32-14-20-5-4-12-37-20/h6-11,13,20H,4-5,12,14,31H2,1-3H3,(H,32,36)(H,34,35)/t20-/m0/s1.